The molecule has 1 amide bonds. The molecule has 106 valence electrons. The third kappa shape index (κ3) is 3.86. The SMILES string of the molecule is CCN(CC)C(=O)COc1cc(C)c(Cl)c(C)c1Br. The zero-order chi connectivity index (χ0) is 14.6. The van der Waals surface area contributed by atoms with E-state index in [0.29, 0.717) is 23.9 Å². The van der Waals surface area contributed by atoms with Crippen LogP contribution in [0.4, 0.5) is 0 Å². The number of ether oxygens (including phenoxy) is 1. The van der Waals surface area contributed by atoms with E-state index in [9.17, 15) is 4.79 Å². The van der Waals surface area contributed by atoms with E-state index in [0.717, 1.165) is 15.6 Å². The molecule has 3 nitrogen and oxygen atoms in total. The number of carbonyl (C=O) groups is 1. The van der Waals surface area contributed by atoms with E-state index in [2.05, 4.69) is 15.9 Å². The molecule has 1 aromatic rings. The molecule has 19 heavy (non-hydrogen) atoms. The summed E-state index contributed by atoms with van der Waals surface area (Å²) in [5, 5.41) is 0.717. The molecule has 0 aromatic heterocycles. The van der Waals surface area contributed by atoms with Gasteiger partial charge in [0.25, 0.3) is 5.91 Å². The minimum absolute atomic E-state index is 0.0119. The van der Waals surface area contributed by atoms with E-state index in [1.54, 1.807) is 4.90 Å². The molecule has 0 saturated carbocycles. The molecule has 0 N–H and O–H groups in total. The summed E-state index contributed by atoms with van der Waals surface area (Å²) >= 11 is 9.60. The Hall–Kier alpha value is -0.740. The first-order chi connectivity index (χ1) is 8.92. The lowest BCUT2D eigenvalue weighted by Crippen LogP contribution is -2.34. The van der Waals surface area contributed by atoms with Crippen LogP contribution < -0.4 is 4.74 Å². The molecule has 0 unspecified atom stereocenters. The average molecular weight is 349 g/mol. The van der Waals surface area contributed by atoms with Crippen LogP contribution in [0.1, 0.15) is 25.0 Å². The number of halogens is 2. The van der Waals surface area contributed by atoms with Crippen molar-refractivity contribution in [3.05, 3.63) is 26.7 Å². The summed E-state index contributed by atoms with van der Waals surface area (Å²) in [5.74, 6) is 0.641. The fourth-order valence-corrected chi connectivity index (χ4v) is 2.50. The van der Waals surface area contributed by atoms with E-state index in [1.165, 1.54) is 0 Å². The van der Waals surface area contributed by atoms with Crippen molar-refractivity contribution in [1.82, 2.24) is 4.90 Å². The maximum Gasteiger partial charge on any atom is 0.260 e. The number of carbonyl (C=O) groups excluding carboxylic acids is 1. The zero-order valence-corrected chi connectivity index (χ0v) is 14.1. The highest BCUT2D eigenvalue weighted by atomic mass is 79.9. The Morgan fingerprint density at radius 3 is 2.47 bits per heavy atom. The number of likely N-dealkylation sites (N-methyl/N-ethyl adjacent to an activating group) is 1. The molecular weight excluding hydrogens is 330 g/mol. The van der Waals surface area contributed by atoms with Crippen molar-refractivity contribution in [1.29, 1.82) is 0 Å². The Morgan fingerprint density at radius 1 is 1.37 bits per heavy atom. The lowest BCUT2D eigenvalue weighted by molar-refractivity contribution is -0.132. The Labute approximate surface area is 128 Å². The van der Waals surface area contributed by atoms with Gasteiger partial charge in [0.2, 0.25) is 0 Å². The smallest absolute Gasteiger partial charge is 0.260 e. The van der Waals surface area contributed by atoms with E-state index in [-0.39, 0.29) is 12.5 Å². The zero-order valence-electron chi connectivity index (χ0n) is 11.7. The number of nitrogens with zero attached hydrogens (tertiary/aromatic N) is 1. The van der Waals surface area contributed by atoms with Gasteiger partial charge >= 0.3 is 0 Å². The molecule has 0 aliphatic heterocycles. The summed E-state index contributed by atoms with van der Waals surface area (Å²) in [6.45, 7) is 9.17. The molecule has 0 atom stereocenters. The van der Waals surface area contributed by atoms with E-state index < -0.39 is 0 Å². The maximum absolute atomic E-state index is 11.9. The molecule has 5 heteroatoms. The van der Waals surface area contributed by atoms with E-state index in [4.69, 9.17) is 16.3 Å². The highest BCUT2D eigenvalue weighted by Gasteiger charge is 2.14. The molecular formula is C14H19BrClNO2. The molecule has 0 heterocycles. The van der Waals surface area contributed by atoms with Crippen LogP contribution in [-0.4, -0.2) is 30.5 Å². The fraction of sp³-hybridized carbons (Fsp3) is 0.500. The lowest BCUT2D eigenvalue weighted by atomic mass is 10.1. The van der Waals surface area contributed by atoms with Crippen LogP contribution in [0.15, 0.2) is 10.5 Å². The van der Waals surface area contributed by atoms with Gasteiger partial charge in [-0.05, 0) is 60.8 Å². The van der Waals surface area contributed by atoms with Gasteiger partial charge < -0.3 is 9.64 Å². The highest BCUT2D eigenvalue weighted by Crippen LogP contribution is 2.35. The van der Waals surface area contributed by atoms with Crippen molar-refractivity contribution in [3.8, 4) is 5.75 Å². The predicted octanol–water partition coefficient (Wildman–Crippen LogP) is 3.97. The van der Waals surface area contributed by atoms with Crippen LogP contribution >= 0.6 is 27.5 Å². The normalized spacial score (nSPS) is 10.4. The van der Waals surface area contributed by atoms with E-state index in [1.807, 2.05) is 33.8 Å². The molecule has 0 fully saturated rings. The van der Waals surface area contributed by atoms with Gasteiger partial charge in [0.05, 0.1) is 4.47 Å². The van der Waals surface area contributed by atoms with Gasteiger partial charge in [0.15, 0.2) is 6.61 Å². The first kappa shape index (κ1) is 16.3. The van der Waals surface area contributed by atoms with Crippen LogP contribution in [-0.2, 0) is 4.79 Å². The van der Waals surface area contributed by atoms with Crippen LogP contribution in [0.25, 0.3) is 0 Å². The quantitative estimate of drug-likeness (QED) is 0.806. The van der Waals surface area contributed by atoms with Crippen LogP contribution in [0.2, 0.25) is 5.02 Å². The molecule has 1 rings (SSSR count). The summed E-state index contributed by atoms with van der Waals surface area (Å²) < 4.78 is 6.40. The van der Waals surface area contributed by atoms with Gasteiger partial charge in [0, 0.05) is 18.1 Å². The number of benzene rings is 1. The Balaban J connectivity index is 2.82. The third-order valence-corrected chi connectivity index (χ3v) is 4.60. The molecule has 0 bridgehead atoms. The van der Waals surface area contributed by atoms with E-state index >= 15 is 0 Å². The van der Waals surface area contributed by atoms with Gasteiger partial charge in [-0.15, -0.1) is 0 Å². The van der Waals surface area contributed by atoms with Crippen LogP contribution in [0.3, 0.4) is 0 Å². The van der Waals surface area contributed by atoms with Crippen molar-refractivity contribution in [3.63, 3.8) is 0 Å². The second kappa shape index (κ2) is 7.15. The number of hydrogen-bond donors (Lipinski definition) is 0. The van der Waals surface area contributed by atoms with Crippen molar-refractivity contribution < 1.29 is 9.53 Å². The topological polar surface area (TPSA) is 29.5 Å². The first-order valence-corrected chi connectivity index (χ1v) is 7.45. The second-order valence-corrected chi connectivity index (χ2v) is 5.47. The van der Waals surface area contributed by atoms with Crippen molar-refractivity contribution in [2.75, 3.05) is 19.7 Å². The standard InChI is InChI=1S/C14H19BrClNO2/c1-5-17(6-2)12(18)8-19-11-7-9(3)14(16)10(4)13(11)15/h7H,5-6,8H2,1-4H3. The number of rotatable bonds is 5. The molecule has 0 aliphatic carbocycles. The maximum atomic E-state index is 11.9. The summed E-state index contributed by atoms with van der Waals surface area (Å²) in [6, 6.07) is 1.84. The highest BCUT2D eigenvalue weighted by molar-refractivity contribution is 9.10. The minimum atomic E-state index is -0.0119. The number of amides is 1. The van der Waals surface area contributed by atoms with Crippen molar-refractivity contribution in [2.24, 2.45) is 0 Å². The predicted molar refractivity (Wildman–Crippen MR) is 82.0 cm³/mol. The van der Waals surface area contributed by atoms with Crippen LogP contribution in [0.5, 0.6) is 5.75 Å². The summed E-state index contributed by atoms with van der Waals surface area (Å²) in [7, 11) is 0. The van der Waals surface area contributed by atoms with Crippen molar-refractivity contribution in [2.45, 2.75) is 27.7 Å². The molecule has 0 spiro atoms. The summed E-state index contributed by atoms with van der Waals surface area (Å²) in [4.78, 5) is 13.6. The van der Waals surface area contributed by atoms with Gasteiger partial charge in [-0.3, -0.25) is 4.79 Å². The van der Waals surface area contributed by atoms with Crippen LogP contribution in [0, 0.1) is 13.8 Å². The number of hydrogen-bond acceptors (Lipinski definition) is 2. The fourth-order valence-electron chi connectivity index (χ4n) is 1.81. The average Bonchev–Trinajstić information content (AvgIpc) is 2.40. The monoisotopic (exact) mass is 347 g/mol. The first-order valence-electron chi connectivity index (χ1n) is 6.28. The Kier molecular flexibility index (Phi) is 6.14. The molecule has 0 radical (unpaired) electrons. The molecule has 1 aromatic carbocycles. The van der Waals surface area contributed by atoms with Gasteiger partial charge in [-0.1, -0.05) is 11.6 Å². The van der Waals surface area contributed by atoms with Crippen molar-refractivity contribution >= 4 is 33.4 Å². The Morgan fingerprint density at radius 2 is 1.95 bits per heavy atom. The summed E-state index contributed by atoms with van der Waals surface area (Å²) in [5.41, 5.74) is 1.86. The second-order valence-electron chi connectivity index (χ2n) is 4.30. The van der Waals surface area contributed by atoms with Gasteiger partial charge in [0.1, 0.15) is 5.75 Å². The number of aryl methyl sites for hydroxylation is 1. The minimum Gasteiger partial charge on any atom is -0.483 e. The van der Waals surface area contributed by atoms with Gasteiger partial charge in [-0.2, -0.15) is 0 Å². The molecule has 0 saturated heterocycles. The third-order valence-electron chi connectivity index (χ3n) is 3.04. The largest absolute Gasteiger partial charge is 0.483 e. The molecule has 0 aliphatic rings. The summed E-state index contributed by atoms with van der Waals surface area (Å²) in [6.07, 6.45) is 0. The lowest BCUT2D eigenvalue weighted by Gasteiger charge is -2.19. The Bertz CT molecular complexity index is 473. The van der Waals surface area contributed by atoms with Gasteiger partial charge in [-0.25, -0.2) is 0 Å².